The Hall–Kier alpha value is -1.30. The highest BCUT2D eigenvalue weighted by Crippen LogP contribution is 2.37. The van der Waals surface area contributed by atoms with Gasteiger partial charge in [-0.3, -0.25) is 4.79 Å². The number of benzene rings is 1. The van der Waals surface area contributed by atoms with Gasteiger partial charge in [0.05, 0.1) is 19.6 Å². The molecule has 0 heterocycles. The minimum absolute atomic E-state index is 0. The van der Waals surface area contributed by atoms with Crippen molar-refractivity contribution >= 4 is 24.0 Å². The molecule has 6 heteroatoms. The van der Waals surface area contributed by atoms with E-state index in [4.69, 9.17) is 15.2 Å². The van der Waals surface area contributed by atoms with Crippen LogP contribution >= 0.6 is 12.4 Å². The van der Waals surface area contributed by atoms with Crippen LogP contribution in [0.3, 0.4) is 0 Å². The van der Waals surface area contributed by atoms with Gasteiger partial charge in [-0.2, -0.15) is 0 Å². The Bertz CT molecular complexity index is 487. The molecule has 0 radical (unpaired) electrons. The first-order chi connectivity index (χ1) is 10.6. The number of carbonyl (C=O) groups is 1. The Morgan fingerprint density at radius 3 is 2.35 bits per heavy atom. The highest BCUT2D eigenvalue weighted by molar-refractivity contribution is 5.94. The first-order valence-corrected chi connectivity index (χ1v) is 7.79. The van der Waals surface area contributed by atoms with E-state index in [9.17, 15) is 4.79 Å². The number of nitrogens with zero attached hydrogens (tertiary/aromatic N) is 1. The maximum absolute atomic E-state index is 12.8. The number of amides is 1. The molecule has 5 nitrogen and oxygen atoms in total. The molecule has 1 fully saturated rings. The third-order valence-corrected chi connectivity index (χ3v) is 4.33. The van der Waals surface area contributed by atoms with E-state index in [0.29, 0.717) is 18.9 Å². The fourth-order valence-corrected chi connectivity index (χ4v) is 2.69. The maximum Gasteiger partial charge on any atom is 0.229 e. The van der Waals surface area contributed by atoms with E-state index in [2.05, 4.69) is 6.92 Å². The third-order valence-electron chi connectivity index (χ3n) is 4.33. The highest BCUT2D eigenvalue weighted by Gasteiger charge is 2.35. The first-order valence-electron chi connectivity index (χ1n) is 7.79. The lowest BCUT2D eigenvalue weighted by molar-refractivity contribution is -0.121. The fourth-order valence-electron chi connectivity index (χ4n) is 2.69. The zero-order valence-corrected chi connectivity index (χ0v) is 14.8. The van der Waals surface area contributed by atoms with E-state index in [0.717, 1.165) is 11.4 Å². The van der Waals surface area contributed by atoms with E-state index < -0.39 is 0 Å². The topological polar surface area (TPSA) is 64.8 Å². The smallest absolute Gasteiger partial charge is 0.229 e. The summed E-state index contributed by atoms with van der Waals surface area (Å²) in [5, 5.41) is 0. The molecule has 1 aromatic rings. The Balaban J connectivity index is 0.00000264. The van der Waals surface area contributed by atoms with Gasteiger partial charge >= 0.3 is 0 Å². The van der Waals surface area contributed by atoms with Crippen LogP contribution in [0.25, 0.3) is 0 Å². The summed E-state index contributed by atoms with van der Waals surface area (Å²) in [5.74, 6) is 1.43. The summed E-state index contributed by atoms with van der Waals surface area (Å²) in [7, 11) is 3.22. The van der Waals surface area contributed by atoms with Crippen LogP contribution in [0.1, 0.15) is 26.2 Å². The van der Waals surface area contributed by atoms with Gasteiger partial charge in [0, 0.05) is 25.4 Å². The maximum atomic E-state index is 12.8. The second-order valence-electron chi connectivity index (χ2n) is 5.84. The Kier molecular flexibility index (Phi) is 7.82. The molecule has 2 rings (SSSR count). The number of methoxy groups -OCH3 is 2. The van der Waals surface area contributed by atoms with E-state index in [1.54, 1.807) is 14.2 Å². The lowest BCUT2D eigenvalue weighted by atomic mass is 10.1. The molecule has 0 spiro atoms. The SMILES string of the molecule is COc1ccc(N(C(=O)CC(CN)OC)C(C)C2CC2)cc1.Cl. The van der Waals surface area contributed by atoms with Gasteiger partial charge in [-0.1, -0.05) is 0 Å². The molecule has 2 unspecified atom stereocenters. The monoisotopic (exact) mass is 342 g/mol. The van der Waals surface area contributed by atoms with E-state index >= 15 is 0 Å². The fraction of sp³-hybridized carbons (Fsp3) is 0.588. The molecular formula is C17H27ClN2O3. The molecule has 0 bridgehead atoms. The van der Waals surface area contributed by atoms with Crippen LogP contribution < -0.4 is 15.4 Å². The summed E-state index contributed by atoms with van der Waals surface area (Å²) >= 11 is 0. The van der Waals surface area contributed by atoms with Crippen LogP contribution in [0.4, 0.5) is 5.69 Å². The summed E-state index contributed by atoms with van der Waals surface area (Å²) < 4.78 is 10.4. The molecular weight excluding hydrogens is 316 g/mol. The molecule has 2 N–H and O–H groups in total. The zero-order chi connectivity index (χ0) is 16.1. The number of anilines is 1. The Morgan fingerprint density at radius 1 is 1.30 bits per heavy atom. The van der Waals surface area contributed by atoms with E-state index in [-0.39, 0.29) is 30.5 Å². The molecule has 1 aliphatic rings. The van der Waals surface area contributed by atoms with Gasteiger partial charge < -0.3 is 20.1 Å². The second kappa shape index (κ2) is 9.11. The van der Waals surface area contributed by atoms with Crippen LogP contribution in [-0.4, -0.2) is 38.8 Å². The molecule has 2 atom stereocenters. The summed E-state index contributed by atoms with van der Waals surface area (Å²) in [5.41, 5.74) is 6.54. The van der Waals surface area contributed by atoms with Crippen LogP contribution in [-0.2, 0) is 9.53 Å². The van der Waals surface area contributed by atoms with Crippen molar-refractivity contribution in [2.45, 2.75) is 38.3 Å². The van der Waals surface area contributed by atoms with Gasteiger partial charge in [0.2, 0.25) is 5.91 Å². The number of rotatable bonds is 8. The average molecular weight is 343 g/mol. The van der Waals surface area contributed by atoms with Gasteiger partial charge in [0.15, 0.2) is 0 Å². The number of hydrogen-bond acceptors (Lipinski definition) is 4. The quantitative estimate of drug-likeness (QED) is 0.788. The largest absolute Gasteiger partial charge is 0.497 e. The van der Waals surface area contributed by atoms with Gasteiger partial charge in [-0.25, -0.2) is 0 Å². The highest BCUT2D eigenvalue weighted by atomic mass is 35.5. The summed E-state index contributed by atoms with van der Waals surface area (Å²) in [6, 6.07) is 7.81. The van der Waals surface area contributed by atoms with Crippen LogP contribution in [0.2, 0.25) is 0 Å². The summed E-state index contributed by atoms with van der Waals surface area (Å²) in [6.45, 7) is 2.46. The number of carbonyl (C=O) groups excluding carboxylic acids is 1. The first kappa shape index (κ1) is 19.7. The average Bonchev–Trinajstić information content (AvgIpc) is 3.38. The van der Waals surface area contributed by atoms with Crippen molar-refractivity contribution in [1.82, 2.24) is 0 Å². The number of halogens is 1. The van der Waals surface area contributed by atoms with E-state index in [1.807, 2.05) is 29.2 Å². The molecule has 1 amide bonds. The van der Waals surface area contributed by atoms with E-state index in [1.165, 1.54) is 12.8 Å². The minimum Gasteiger partial charge on any atom is -0.497 e. The van der Waals surface area contributed by atoms with Gasteiger partial charge in [0.25, 0.3) is 0 Å². The second-order valence-corrected chi connectivity index (χ2v) is 5.84. The lowest BCUT2D eigenvalue weighted by Gasteiger charge is -2.31. The van der Waals surface area contributed by atoms with Crippen LogP contribution in [0, 0.1) is 5.92 Å². The number of ether oxygens (including phenoxy) is 2. The Labute approximate surface area is 144 Å². The predicted octanol–water partition coefficient (Wildman–Crippen LogP) is 2.61. The van der Waals surface area contributed by atoms with Crippen molar-refractivity contribution < 1.29 is 14.3 Å². The summed E-state index contributed by atoms with van der Waals surface area (Å²) in [4.78, 5) is 14.6. The molecule has 23 heavy (non-hydrogen) atoms. The lowest BCUT2D eigenvalue weighted by Crippen LogP contribution is -2.42. The molecule has 130 valence electrons. The normalized spacial score (nSPS) is 16.2. The number of hydrogen-bond donors (Lipinski definition) is 1. The van der Waals surface area contributed by atoms with Gasteiger partial charge in [-0.15, -0.1) is 12.4 Å². The minimum atomic E-state index is -0.236. The molecule has 0 saturated heterocycles. The Morgan fingerprint density at radius 2 is 1.91 bits per heavy atom. The standard InChI is InChI=1S/C17H26N2O3.ClH/c1-12(13-4-5-13)19(17(20)10-16(11-18)22-3)14-6-8-15(21-2)9-7-14;/h6-9,12-13,16H,4-5,10-11,18H2,1-3H3;1H. The van der Waals surface area contributed by atoms with Crippen LogP contribution in [0.15, 0.2) is 24.3 Å². The van der Waals surface area contributed by atoms with Crippen molar-refractivity contribution in [2.24, 2.45) is 11.7 Å². The third kappa shape index (κ3) is 5.09. The molecule has 1 aliphatic carbocycles. The van der Waals surface area contributed by atoms with Crippen molar-refractivity contribution in [2.75, 3.05) is 25.7 Å². The van der Waals surface area contributed by atoms with Crippen LogP contribution in [0.5, 0.6) is 5.75 Å². The predicted molar refractivity (Wildman–Crippen MR) is 94.4 cm³/mol. The number of nitrogens with two attached hydrogens (primary N) is 1. The van der Waals surface area contributed by atoms with Gasteiger partial charge in [-0.05, 0) is 49.9 Å². The molecule has 0 aliphatic heterocycles. The van der Waals surface area contributed by atoms with Crippen molar-refractivity contribution in [3.63, 3.8) is 0 Å². The molecule has 1 saturated carbocycles. The van der Waals surface area contributed by atoms with Crippen molar-refractivity contribution in [3.05, 3.63) is 24.3 Å². The molecule has 0 aromatic heterocycles. The van der Waals surface area contributed by atoms with Gasteiger partial charge in [0.1, 0.15) is 5.75 Å². The zero-order valence-electron chi connectivity index (χ0n) is 14.0. The van der Waals surface area contributed by atoms with Crippen molar-refractivity contribution in [1.29, 1.82) is 0 Å². The summed E-state index contributed by atoms with van der Waals surface area (Å²) in [6.07, 6.45) is 2.44. The van der Waals surface area contributed by atoms with Crippen molar-refractivity contribution in [3.8, 4) is 5.75 Å². The molecule has 1 aromatic carbocycles.